The summed E-state index contributed by atoms with van der Waals surface area (Å²) in [6.45, 7) is 0. The van der Waals surface area contributed by atoms with E-state index in [-0.39, 0.29) is 5.56 Å². The Morgan fingerprint density at radius 2 is 1.25 bits per heavy atom. The second-order valence-electron chi connectivity index (χ2n) is 6.00. The second kappa shape index (κ2) is 8.37. The summed E-state index contributed by atoms with van der Waals surface area (Å²) in [4.78, 5) is 23.2. The van der Waals surface area contributed by atoms with Crippen molar-refractivity contribution in [3.05, 3.63) is 83.9 Å². The van der Waals surface area contributed by atoms with Gasteiger partial charge in [0, 0.05) is 9.79 Å². The molecule has 0 saturated carbocycles. The maximum Gasteiger partial charge on any atom is 0.336 e. The van der Waals surface area contributed by atoms with E-state index in [1.165, 1.54) is 0 Å². The number of hydrogen-bond acceptors (Lipinski definition) is 4. The van der Waals surface area contributed by atoms with E-state index in [0.717, 1.165) is 26.4 Å². The van der Waals surface area contributed by atoms with Crippen molar-refractivity contribution in [2.75, 3.05) is 0 Å². The zero-order valence-corrected chi connectivity index (χ0v) is 16.3. The molecule has 140 valence electrons. The third-order valence-corrected chi connectivity index (χ3v) is 4.98. The molecule has 0 aliphatic rings. The highest BCUT2D eigenvalue weighted by molar-refractivity contribution is 7.80. The summed E-state index contributed by atoms with van der Waals surface area (Å²) in [5.74, 6) is -1.83. The van der Waals surface area contributed by atoms with Gasteiger partial charge in [0.05, 0.1) is 11.1 Å². The fraction of sp³-hybridized carbons (Fsp3) is 0. The van der Waals surface area contributed by atoms with Crippen LogP contribution in [0.3, 0.4) is 0 Å². The quantitative estimate of drug-likeness (QED) is 0.323. The first kappa shape index (κ1) is 19.8. The summed E-state index contributed by atoms with van der Waals surface area (Å²) >= 11 is 8.52. The van der Waals surface area contributed by atoms with Gasteiger partial charge < -0.3 is 10.2 Å². The lowest BCUT2D eigenvalue weighted by Gasteiger charge is -2.04. The van der Waals surface area contributed by atoms with Crippen molar-refractivity contribution in [3.63, 3.8) is 0 Å². The number of carboxylic acids is 2. The van der Waals surface area contributed by atoms with Gasteiger partial charge >= 0.3 is 11.9 Å². The summed E-state index contributed by atoms with van der Waals surface area (Å²) in [5, 5.41) is 21.3. The smallest absolute Gasteiger partial charge is 0.336 e. The van der Waals surface area contributed by atoms with Crippen LogP contribution >= 0.6 is 25.3 Å². The van der Waals surface area contributed by atoms with Crippen LogP contribution in [0.25, 0.3) is 21.5 Å². The third kappa shape index (κ3) is 4.13. The molecule has 0 atom stereocenters. The summed E-state index contributed by atoms with van der Waals surface area (Å²) in [6.07, 6.45) is 0. The summed E-state index contributed by atoms with van der Waals surface area (Å²) in [5.41, 5.74) is 0.590. The molecule has 28 heavy (non-hydrogen) atoms. The van der Waals surface area contributed by atoms with Crippen LogP contribution in [0, 0.1) is 0 Å². The molecule has 0 saturated heterocycles. The van der Waals surface area contributed by atoms with Gasteiger partial charge in [-0.25, -0.2) is 9.59 Å². The Hall–Kier alpha value is -2.96. The fourth-order valence-electron chi connectivity index (χ4n) is 2.88. The minimum absolute atomic E-state index is 0.272. The van der Waals surface area contributed by atoms with Crippen molar-refractivity contribution in [2.24, 2.45) is 0 Å². The van der Waals surface area contributed by atoms with Crippen LogP contribution in [0.5, 0.6) is 0 Å². The van der Waals surface area contributed by atoms with E-state index in [2.05, 4.69) is 25.3 Å². The Labute approximate surface area is 172 Å². The molecule has 0 aliphatic heterocycles. The molecule has 4 aromatic carbocycles. The largest absolute Gasteiger partial charge is 0.478 e. The minimum Gasteiger partial charge on any atom is -0.478 e. The Bertz CT molecular complexity index is 1200. The van der Waals surface area contributed by atoms with E-state index in [1.54, 1.807) is 30.3 Å². The predicted octanol–water partition coefficient (Wildman–Crippen LogP) is 5.65. The van der Waals surface area contributed by atoms with Crippen LogP contribution in [0.1, 0.15) is 20.7 Å². The first-order chi connectivity index (χ1) is 13.4. The van der Waals surface area contributed by atoms with Crippen molar-refractivity contribution in [2.45, 2.75) is 9.79 Å². The Morgan fingerprint density at radius 1 is 0.643 bits per heavy atom. The average Bonchev–Trinajstić information content (AvgIpc) is 2.68. The van der Waals surface area contributed by atoms with E-state index < -0.39 is 11.9 Å². The molecular weight excluding hydrogens is 392 g/mol. The molecular formula is C22H16O4S2. The van der Waals surface area contributed by atoms with Gasteiger partial charge in [-0.05, 0) is 45.8 Å². The van der Waals surface area contributed by atoms with Crippen LogP contribution in [-0.4, -0.2) is 22.2 Å². The van der Waals surface area contributed by atoms with Crippen molar-refractivity contribution >= 4 is 58.7 Å². The first-order valence-corrected chi connectivity index (χ1v) is 9.17. The van der Waals surface area contributed by atoms with Gasteiger partial charge in [-0.3, -0.25) is 0 Å². The van der Waals surface area contributed by atoms with Crippen LogP contribution in [0.2, 0.25) is 0 Å². The van der Waals surface area contributed by atoms with E-state index in [4.69, 9.17) is 10.2 Å². The standard InChI is InChI=1S/2C11H8O2S/c12-11(13)8-5-7-3-1-2-4-9(7)10(14)6-8;12-11(13)9-5-6-10(14)8-4-2-1-3-7(8)9/h2*1-6,14H,(H,12,13). The van der Waals surface area contributed by atoms with Gasteiger partial charge in [-0.2, -0.15) is 0 Å². The Balaban J connectivity index is 0.000000161. The van der Waals surface area contributed by atoms with Crippen molar-refractivity contribution < 1.29 is 19.8 Å². The zero-order valence-electron chi connectivity index (χ0n) is 14.5. The predicted molar refractivity (Wildman–Crippen MR) is 116 cm³/mol. The van der Waals surface area contributed by atoms with Gasteiger partial charge in [0.2, 0.25) is 0 Å². The van der Waals surface area contributed by atoms with Gasteiger partial charge in [-0.1, -0.05) is 48.5 Å². The Morgan fingerprint density at radius 3 is 1.89 bits per heavy atom. The Kier molecular flexibility index (Phi) is 5.92. The molecule has 4 nitrogen and oxygen atoms in total. The van der Waals surface area contributed by atoms with E-state index in [0.29, 0.717) is 10.5 Å². The average molecular weight is 409 g/mol. The lowest BCUT2D eigenvalue weighted by Crippen LogP contribution is -1.97. The van der Waals surface area contributed by atoms with Crippen molar-refractivity contribution in [1.82, 2.24) is 0 Å². The molecule has 0 amide bonds. The topological polar surface area (TPSA) is 74.6 Å². The van der Waals surface area contributed by atoms with E-state index in [1.807, 2.05) is 42.5 Å². The molecule has 0 aliphatic carbocycles. The summed E-state index contributed by atoms with van der Waals surface area (Å²) < 4.78 is 0. The highest BCUT2D eigenvalue weighted by Crippen LogP contribution is 2.25. The van der Waals surface area contributed by atoms with E-state index in [9.17, 15) is 9.59 Å². The molecule has 0 fully saturated rings. The molecule has 4 rings (SSSR count). The lowest BCUT2D eigenvalue weighted by molar-refractivity contribution is 0.0687. The first-order valence-electron chi connectivity index (χ1n) is 8.27. The molecule has 6 heteroatoms. The van der Waals surface area contributed by atoms with Crippen LogP contribution < -0.4 is 0 Å². The molecule has 0 bridgehead atoms. The maximum absolute atomic E-state index is 10.9. The van der Waals surface area contributed by atoms with Crippen molar-refractivity contribution in [1.29, 1.82) is 0 Å². The molecule has 2 N–H and O–H groups in total. The number of rotatable bonds is 2. The monoisotopic (exact) mass is 408 g/mol. The lowest BCUT2D eigenvalue weighted by atomic mass is 10.0. The summed E-state index contributed by atoms with van der Waals surface area (Å²) in [6, 6.07) is 21.4. The molecule has 0 unspecified atom stereocenters. The second-order valence-corrected chi connectivity index (χ2v) is 6.97. The number of carboxylic acid groups (broad SMARTS) is 2. The number of hydrogen-bond donors (Lipinski definition) is 4. The highest BCUT2D eigenvalue weighted by atomic mass is 32.1. The van der Waals surface area contributed by atoms with E-state index >= 15 is 0 Å². The normalized spacial score (nSPS) is 10.4. The van der Waals surface area contributed by atoms with Crippen molar-refractivity contribution in [3.8, 4) is 0 Å². The molecule has 4 aromatic rings. The molecule has 0 aromatic heterocycles. The number of thiol groups is 2. The van der Waals surface area contributed by atoms with Crippen LogP contribution in [0.15, 0.2) is 82.6 Å². The minimum atomic E-state index is -0.925. The highest BCUT2D eigenvalue weighted by Gasteiger charge is 2.09. The van der Waals surface area contributed by atoms with Crippen LogP contribution in [-0.2, 0) is 0 Å². The molecule has 0 radical (unpaired) electrons. The molecule has 0 heterocycles. The number of aromatic carboxylic acids is 2. The SMILES string of the molecule is O=C(O)c1cc(S)c2ccccc2c1.O=C(O)c1ccc(S)c2ccccc12. The number of benzene rings is 4. The van der Waals surface area contributed by atoms with Gasteiger partial charge in [0.1, 0.15) is 0 Å². The number of carbonyl (C=O) groups is 2. The van der Waals surface area contributed by atoms with Gasteiger partial charge in [0.25, 0.3) is 0 Å². The maximum atomic E-state index is 10.9. The van der Waals surface area contributed by atoms with Crippen LogP contribution in [0.4, 0.5) is 0 Å². The van der Waals surface area contributed by atoms with Gasteiger partial charge in [-0.15, -0.1) is 25.3 Å². The third-order valence-electron chi connectivity index (χ3n) is 4.22. The molecule has 0 spiro atoms. The number of fused-ring (bicyclic) bond motifs is 2. The van der Waals surface area contributed by atoms with Gasteiger partial charge in [0.15, 0.2) is 0 Å². The fourth-order valence-corrected chi connectivity index (χ4v) is 3.50. The summed E-state index contributed by atoms with van der Waals surface area (Å²) in [7, 11) is 0. The zero-order chi connectivity index (χ0) is 20.3.